The van der Waals surface area contributed by atoms with E-state index in [-0.39, 0.29) is 11.8 Å². The third kappa shape index (κ3) is 3.17. The Bertz CT molecular complexity index is 567. The highest BCUT2D eigenvalue weighted by Gasteiger charge is 2.35. The van der Waals surface area contributed by atoms with Crippen LogP contribution in [0.4, 0.5) is 5.69 Å². The van der Waals surface area contributed by atoms with Gasteiger partial charge in [-0.1, -0.05) is 13.3 Å². The lowest BCUT2D eigenvalue weighted by molar-refractivity contribution is -0.129. The van der Waals surface area contributed by atoms with Crippen molar-refractivity contribution in [2.45, 2.75) is 39.2 Å². The number of nitrogens with zero attached hydrogens (tertiary/aromatic N) is 1. The monoisotopic (exact) mass is 290 g/mol. The fraction of sp³-hybridized carbons (Fsp3) is 0.500. The summed E-state index contributed by atoms with van der Waals surface area (Å²) in [6.45, 7) is 6.24. The lowest BCUT2D eigenvalue weighted by atomic mass is 10.0. The molecule has 5 nitrogen and oxygen atoms in total. The molecule has 0 saturated carbocycles. The fourth-order valence-electron chi connectivity index (χ4n) is 2.16. The third-order valence-electron chi connectivity index (χ3n) is 3.58. The van der Waals surface area contributed by atoms with Crippen molar-refractivity contribution in [3.8, 4) is 5.75 Å². The molecule has 114 valence electrons. The van der Waals surface area contributed by atoms with Crippen LogP contribution in [0.5, 0.6) is 5.75 Å². The highest BCUT2D eigenvalue weighted by Crippen LogP contribution is 2.34. The average Bonchev–Trinajstić information content (AvgIpc) is 2.44. The van der Waals surface area contributed by atoms with Crippen molar-refractivity contribution in [3.05, 3.63) is 23.8 Å². The number of unbranched alkanes of at least 4 members (excludes halogenated alkanes) is 1. The van der Waals surface area contributed by atoms with E-state index in [0.29, 0.717) is 17.0 Å². The number of benzene rings is 1. The number of nitrogens with one attached hydrogen (secondary N) is 1. The number of rotatable bonds is 4. The molecule has 21 heavy (non-hydrogen) atoms. The number of carbonyl (C=O) groups excluding carboxylic acids is 2. The summed E-state index contributed by atoms with van der Waals surface area (Å²) in [5.41, 5.74) is 0.209. The molecule has 0 saturated heterocycles. The molecule has 1 aromatic carbocycles. The SMILES string of the molecule is CCCCN(C)C(=O)c1ccc2c(c1)NC(=O)C(C)(C)O2. The highest BCUT2D eigenvalue weighted by atomic mass is 16.5. The summed E-state index contributed by atoms with van der Waals surface area (Å²) in [7, 11) is 1.79. The molecular formula is C16H22N2O3. The first-order valence-electron chi connectivity index (χ1n) is 7.25. The number of fused-ring (bicyclic) bond motifs is 1. The van der Waals surface area contributed by atoms with Crippen LogP contribution < -0.4 is 10.1 Å². The molecule has 0 atom stereocenters. The predicted octanol–water partition coefficient (Wildman–Crippen LogP) is 2.67. The van der Waals surface area contributed by atoms with E-state index >= 15 is 0 Å². The van der Waals surface area contributed by atoms with Gasteiger partial charge in [0.25, 0.3) is 11.8 Å². The maximum atomic E-state index is 12.3. The van der Waals surface area contributed by atoms with Gasteiger partial charge in [-0.25, -0.2) is 0 Å². The summed E-state index contributed by atoms with van der Waals surface area (Å²) < 4.78 is 5.65. The molecule has 1 aromatic rings. The van der Waals surface area contributed by atoms with Gasteiger partial charge in [0.15, 0.2) is 5.60 Å². The van der Waals surface area contributed by atoms with E-state index < -0.39 is 5.60 Å². The maximum absolute atomic E-state index is 12.3. The lowest BCUT2D eigenvalue weighted by Gasteiger charge is -2.31. The molecule has 1 aliphatic rings. The van der Waals surface area contributed by atoms with Crippen molar-refractivity contribution in [1.82, 2.24) is 4.90 Å². The van der Waals surface area contributed by atoms with Gasteiger partial charge in [-0.05, 0) is 38.5 Å². The lowest BCUT2D eigenvalue weighted by Crippen LogP contribution is -2.45. The Balaban J connectivity index is 2.20. The number of hydrogen-bond acceptors (Lipinski definition) is 3. The van der Waals surface area contributed by atoms with Crippen LogP contribution in [0.15, 0.2) is 18.2 Å². The van der Waals surface area contributed by atoms with Crippen molar-refractivity contribution in [3.63, 3.8) is 0 Å². The maximum Gasteiger partial charge on any atom is 0.268 e. The fourth-order valence-corrected chi connectivity index (χ4v) is 2.16. The zero-order chi connectivity index (χ0) is 15.6. The van der Waals surface area contributed by atoms with Gasteiger partial charge in [-0.3, -0.25) is 9.59 Å². The van der Waals surface area contributed by atoms with E-state index in [1.807, 2.05) is 0 Å². The van der Waals surface area contributed by atoms with Gasteiger partial charge >= 0.3 is 0 Å². The average molecular weight is 290 g/mol. The van der Waals surface area contributed by atoms with Crippen LogP contribution in [0.1, 0.15) is 44.0 Å². The Morgan fingerprint density at radius 1 is 1.38 bits per heavy atom. The van der Waals surface area contributed by atoms with Crippen molar-refractivity contribution in [2.75, 3.05) is 18.9 Å². The Morgan fingerprint density at radius 2 is 2.10 bits per heavy atom. The minimum atomic E-state index is -0.892. The van der Waals surface area contributed by atoms with Crippen LogP contribution in [0.25, 0.3) is 0 Å². The van der Waals surface area contributed by atoms with Crippen molar-refractivity contribution in [1.29, 1.82) is 0 Å². The minimum Gasteiger partial charge on any atom is -0.476 e. The standard InChI is InChI=1S/C16H22N2O3/c1-5-6-9-18(4)14(19)11-7-8-13-12(10-11)17-15(20)16(2,3)21-13/h7-8,10H,5-6,9H2,1-4H3,(H,17,20). The normalized spacial score (nSPS) is 15.7. The molecule has 0 aromatic heterocycles. The van der Waals surface area contributed by atoms with E-state index in [1.165, 1.54) is 0 Å². The van der Waals surface area contributed by atoms with Crippen LogP contribution in [0.2, 0.25) is 0 Å². The third-order valence-corrected chi connectivity index (χ3v) is 3.58. The Labute approximate surface area is 125 Å². The number of amides is 2. The molecule has 0 aliphatic carbocycles. The predicted molar refractivity (Wildman–Crippen MR) is 81.6 cm³/mol. The molecule has 0 bridgehead atoms. The van der Waals surface area contributed by atoms with Crippen LogP contribution in [-0.2, 0) is 4.79 Å². The van der Waals surface area contributed by atoms with Crippen molar-refractivity contribution in [2.24, 2.45) is 0 Å². The van der Waals surface area contributed by atoms with E-state index in [4.69, 9.17) is 4.74 Å². The van der Waals surface area contributed by atoms with Crippen molar-refractivity contribution < 1.29 is 14.3 Å². The van der Waals surface area contributed by atoms with Crippen LogP contribution >= 0.6 is 0 Å². The first-order valence-corrected chi connectivity index (χ1v) is 7.25. The topological polar surface area (TPSA) is 58.6 Å². The molecule has 1 aliphatic heterocycles. The van der Waals surface area contributed by atoms with Gasteiger partial charge in [0.2, 0.25) is 0 Å². The second-order valence-electron chi connectivity index (χ2n) is 5.86. The second-order valence-corrected chi connectivity index (χ2v) is 5.86. The van der Waals surface area contributed by atoms with Gasteiger partial charge in [-0.2, -0.15) is 0 Å². The molecule has 5 heteroatoms. The molecule has 0 spiro atoms. The van der Waals surface area contributed by atoms with E-state index in [2.05, 4.69) is 12.2 Å². The van der Waals surface area contributed by atoms with E-state index in [1.54, 1.807) is 44.0 Å². The van der Waals surface area contributed by atoms with Gasteiger partial charge in [0.1, 0.15) is 5.75 Å². The van der Waals surface area contributed by atoms with Gasteiger partial charge in [0, 0.05) is 19.2 Å². The zero-order valence-electron chi connectivity index (χ0n) is 13.0. The first kappa shape index (κ1) is 15.4. The molecule has 0 unspecified atom stereocenters. The first-order chi connectivity index (χ1) is 9.85. The molecule has 1 N–H and O–H groups in total. The Hall–Kier alpha value is -2.04. The smallest absolute Gasteiger partial charge is 0.268 e. The second kappa shape index (κ2) is 5.76. The number of hydrogen-bond donors (Lipinski definition) is 1. The summed E-state index contributed by atoms with van der Waals surface area (Å²) in [5, 5.41) is 2.79. The van der Waals surface area contributed by atoms with E-state index in [0.717, 1.165) is 19.4 Å². The zero-order valence-corrected chi connectivity index (χ0v) is 13.0. The van der Waals surface area contributed by atoms with Crippen LogP contribution in [0, 0.1) is 0 Å². The quantitative estimate of drug-likeness (QED) is 0.927. The molecule has 2 amide bonds. The Kier molecular flexibility index (Phi) is 4.21. The summed E-state index contributed by atoms with van der Waals surface area (Å²) >= 11 is 0. The van der Waals surface area contributed by atoms with Crippen molar-refractivity contribution >= 4 is 17.5 Å². The molecule has 2 rings (SSSR count). The van der Waals surface area contributed by atoms with Gasteiger partial charge in [-0.15, -0.1) is 0 Å². The minimum absolute atomic E-state index is 0.0506. The molecule has 1 heterocycles. The summed E-state index contributed by atoms with van der Waals surface area (Å²) in [6, 6.07) is 5.14. The number of ether oxygens (including phenoxy) is 1. The van der Waals surface area contributed by atoms with Crippen LogP contribution in [0.3, 0.4) is 0 Å². The summed E-state index contributed by atoms with van der Waals surface area (Å²) in [4.78, 5) is 25.9. The highest BCUT2D eigenvalue weighted by molar-refractivity contribution is 6.02. The van der Waals surface area contributed by atoms with Crippen LogP contribution in [-0.4, -0.2) is 35.9 Å². The molecule has 0 radical (unpaired) electrons. The largest absolute Gasteiger partial charge is 0.476 e. The van der Waals surface area contributed by atoms with Gasteiger partial charge in [0.05, 0.1) is 5.69 Å². The summed E-state index contributed by atoms with van der Waals surface area (Å²) in [6.07, 6.45) is 2.02. The van der Waals surface area contributed by atoms with E-state index in [9.17, 15) is 9.59 Å². The molecule has 0 fully saturated rings. The molecular weight excluding hydrogens is 268 g/mol. The number of anilines is 1. The Morgan fingerprint density at radius 3 is 2.76 bits per heavy atom. The summed E-state index contributed by atoms with van der Waals surface area (Å²) in [5.74, 6) is 0.330. The van der Waals surface area contributed by atoms with Gasteiger partial charge < -0.3 is 15.0 Å². The number of carbonyl (C=O) groups is 2.